The first-order valence-corrected chi connectivity index (χ1v) is 6.19. The minimum atomic E-state index is 0. The molecule has 0 saturated carbocycles. The van der Waals surface area contributed by atoms with Crippen LogP contribution in [-0.2, 0) is 0 Å². The molecule has 0 amide bonds. The number of guanidine groups is 1. The molecular weight excluding hydrogens is 246 g/mol. The van der Waals surface area contributed by atoms with Gasteiger partial charge in [0.25, 0.3) is 0 Å². The van der Waals surface area contributed by atoms with Gasteiger partial charge in [0.05, 0.1) is 19.6 Å². The zero-order valence-corrected chi connectivity index (χ0v) is 11.2. The molecule has 0 spiro atoms. The van der Waals surface area contributed by atoms with Gasteiger partial charge in [-0.3, -0.25) is 15.6 Å². The molecule has 0 bridgehead atoms. The normalized spacial score (nSPS) is 14.6. The number of hydrogen-bond acceptors (Lipinski definition) is 0. The Balaban J connectivity index is 0.00000162. The van der Waals surface area contributed by atoms with Crippen LogP contribution in [0.25, 0.3) is 6.08 Å². The van der Waals surface area contributed by atoms with Gasteiger partial charge in [0.1, 0.15) is 0 Å². The van der Waals surface area contributed by atoms with Gasteiger partial charge < -0.3 is 12.4 Å². The van der Waals surface area contributed by atoms with Crippen LogP contribution in [-0.4, -0.2) is 30.2 Å². The second-order valence-corrected chi connectivity index (χ2v) is 4.27. The lowest BCUT2D eigenvalue weighted by Gasteiger charge is -2.02. The summed E-state index contributed by atoms with van der Waals surface area (Å²) in [6, 6.07) is 10.3. The SMILES string of the molecule is NC(NC/C=C/c1ccccc1)=[N+]1CCCC1.[Cl-]. The molecular formula is C14H20ClN3. The number of nitrogens with two attached hydrogens (primary N) is 1. The molecule has 1 saturated heterocycles. The summed E-state index contributed by atoms with van der Waals surface area (Å²) < 4.78 is 2.20. The molecule has 0 aromatic heterocycles. The van der Waals surface area contributed by atoms with E-state index in [4.69, 9.17) is 5.73 Å². The Labute approximate surface area is 115 Å². The molecule has 2 rings (SSSR count). The van der Waals surface area contributed by atoms with Crippen molar-refractivity contribution >= 4 is 12.0 Å². The van der Waals surface area contributed by atoms with E-state index in [1.807, 2.05) is 18.2 Å². The largest absolute Gasteiger partial charge is 1.00 e. The molecule has 1 fully saturated rings. The summed E-state index contributed by atoms with van der Waals surface area (Å²) >= 11 is 0. The van der Waals surface area contributed by atoms with Crippen molar-refractivity contribution in [3.05, 3.63) is 42.0 Å². The number of rotatable bonds is 3. The Hall–Kier alpha value is -1.48. The summed E-state index contributed by atoms with van der Waals surface area (Å²) in [5, 5.41) is 3.23. The summed E-state index contributed by atoms with van der Waals surface area (Å²) in [5.74, 6) is 0.806. The van der Waals surface area contributed by atoms with E-state index in [1.54, 1.807) is 0 Å². The van der Waals surface area contributed by atoms with Crippen LogP contribution in [0.2, 0.25) is 0 Å². The van der Waals surface area contributed by atoms with Crippen LogP contribution in [0.4, 0.5) is 0 Å². The smallest absolute Gasteiger partial charge is 0.343 e. The van der Waals surface area contributed by atoms with Crippen molar-refractivity contribution in [3.63, 3.8) is 0 Å². The van der Waals surface area contributed by atoms with E-state index in [1.165, 1.54) is 18.4 Å². The Kier molecular flexibility index (Phi) is 6.29. The Morgan fingerprint density at radius 3 is 2.56 bits per heavy atom. The average Bonchev–Trinajstić information content (AvgIpc) is 2.89. The standard InChI is InChI=1S/C14H19N3.ClH/c15-14(17-11-4-5-12-17)16-10-6-9-13-7-2-1-3-8-13;/h1-3,6-9H,4-5,10-12H2,(H2,15,16);1H/b9-6+;. The number of hydrogen-bond donors (Lipinski definition) is 2. The van der Waals surface area contributed by atoms with Crippen molar-refractivity contribution in [1.29, 1.82) is 0 Å². The molecule has 1 aliphatic rings. The first-order chi connectivity index (χ1) is 8.36. The first kappa shape index (κ1) is 14.6. The highest BCUT2D eigenvalue weighted by Crippen LogP contribution is 2.01. The van der Waals surface area contributed by atoms with E-state index >= 15 is 0 Å². The Bertz CT molecular complexity index is 404. The van der Waals surface area contributed by atoms with Gasteiger partial charge in [-0.05, 0) is 18.4 Å². The highest BCUT2D eigenvalue weighted by Gasteiger charge is 2.12. The van der Waals surface area contributed by atoms with Gasteiger partial charge in [-0.15, -0.1) is 0 Å². The first-order valence-electron chi connectivity index (χ1n) is 6.19. The number of nitrogens with zero attached hydrogens (tertiary/aromatic N) is 1. The second-order valence-electron chi connectivity index (χ2n) is 4.27. The van der Waals surface area contributed by atoms with E-state index < -0.39 is 0 Å². The van der Waals surface area contributed by atoms with E-state index in [9.17, 15) is 0 Å². The maximum Gasteiger partial charge on any atom is 0.343 e. The topological polar surface area (TPSA) is 41.1 Å². The third-order valence-corrected chi connectivity index (χ3v) is 2.96. The molecule has 0 unspecified atom stereocenters. The highest BCUT2D eigenvalue weighted by molar-refractivity contribution is 5.73. The molecule has 1 aromatic rings. The predicted octanol–water partition coefficient (Wildman–Crippen LogP) is -1.59. The van der Waals surface area contributed by atoms with Gasteiger partial charge in [0.2, 0.25) is 0 Å². The summed E-state index contributed by atoms with van der Waals surface area (Å²) in [4.78, 5) is 0. The van der Waals surface area contributed by atoms with Crippen LogP contribution >= 0.6 is 0 Å². The fourth-order valence-corrected chi connectivity index (χ4v) is 1.99. The molecule has 98 valence electrons. The predicted molar refractivity (Wildman–Crippen MR) is 71.9 cm³/mol. The van der Waals surface area contributed by atoms with Gasteiger partial charge in [0.15, 0.2) is 0 Å². The van der Waals surface area contributed by atoms with Crippen LogP contribution in [0.5, 0.6) is 0 Å². The zero-order valence-electron chi connectivity index (χ0n) is 10.5. The summed E-state index contributed by atoms with van der Waals surface area (Å²) in [5.41, 5.74) is 7.17. The van der Waals surface area contributed by atoms with E-state index in [2.05, 4.69) is 34.2 Å². The molecule has 18 heavy (non-hydrogen) atoms. The lowest BCUT2D eigenvalue weighted by atomic mass is 10.2. The second kappa shape index (κ2) is 7.77. The molecule has 1 heterocycles. The fraction of sp³-hybridized carbons (Fsp3) is 0.357. The average molecular weight is 266 g/mol. The fourth-order valence-electron chi connectivity index (χ4n) is 1.99. The van der Waals surface area contributed by atoms with Crippen molar-refractivity contribution in [2.24, 2.45) is 5.73 Å². The van der Waals surface area contributed by atoms with Crippen molar-refractivity contribution in [2.45, 2.75) is 12.8 Å². The number of halogens is 1. The van der Waals surface area contributed by atoms with Gasteiger partial charge in [-0.2, -0.15) is 0 Å². The van der Waals surface area contributed by atoms with Crippen LogP contribution in [0.1, 0.15) is 18.4 Å². The number of benzene rings is 1. The Morgan fingerprint density at radius 1 is 1.22 bits per heavy atom. The van der Waals surface area contributed by atoms with Gasteiger partial charge >= 0.3 is 5.96 Å². The van der Waals surface area contributed by atoms with Crippen molar-refractivity contribution < 1.29 is 17.0 Å². The third kappa shape index (κ3) is 4.41. The van der Waals surface area contributed by atoms with E-state index in [0.717, 1.165) is 25.6 Å². The van der Waals surface area contributed by atoms with E-state index in [0.29, 0.717) is 0 Å². The van der Waals surface area contributed by atoms with Crippen molar-refractivity contribution in [1.82, 2.24) is 5.32 Å². The molecule has 1 aromatic carbocycles. The lowest BCUT2D eigenvalue weighted by molar-refractivity contribution is -0.509. The minimum absolute atomic E-state index is 0. The molecule has 3 N–H and O–H groups in total. The summed E-state index contributed by atoms with van der Waals surface area (Å²) in [6.07, 6.45) is 6.70. The van der Waals surface area contributed by atoms with Crippen molar-refractivity contribution in [2.75, 3.05) is 19.6 Å². The molecule has 4 heteroatoms. The Morgan fingerprint density at radius 2 is 1.89 bits per heavy atom. The third-order valence-electron chi connectivity index (χ3n) is 2.96. The van der Waals surface area contributed by atoms with Crippen LogP contribution in [0.15, 0.2) is 36.4 Å². The van der Waals surface area contributed by atoms with Gasteiger partial charge in [-0.25, -0.2) is 0 Å². The van der Waals surface area contributed by atoms with Crippen LogP contribution in [0, 0.1) is 0 Å². The maximum absolute atomic E-state index is 5.96. The van der Waals surface area contributed by atoms with Gasteiger partial charge in [-0.1, -0.05) is 42.5 Å². The zero-order chi connectivity index (χ0) is 11.9. The molecule has 1 aliphatic heterocycles. The molecule has 0 atom stereocenters. The van der Waals surface area contributed by atoms with E-state index in [-0.39, 0.29) is 12.4 Å². The lowest BCUT2D eigenvalue weighted by Crippen LogP contribution is -3.00. The highest BCUT2D eigenvalue weighted by atomic mass is 35.5. The van der Waals surface area contributed by atoms with Crippen molar-refractivity contribution in [3.8, 4) is 0 Å². The quantitative estimate of drug-likeness (QED) is 0.511. The van der Waals surface area contributed by atoms with Crippen LogP contribution < -0.4 is 23.5 Å². The summed E-state index contributed by atoms with van der Waals surface area (Å²) in [6.45, 7) is 2.94. The minimum Gasteiger partial charge on any atom is -1.00 e. The molecule has 3 nitrogen and oxygen atoms in total. The van der Waals surface area contributed by atoms with Crippen LogP contribution in [0.3, 0.4) is 0 Å². The van der Waals surface area contributed by atoms with Gasteiger partial charge in [0, 0.05) is 0 Å². The monoisotopic (exact) mass is 265 g/mol. The number of nitrogens with one attached hydrogen (secondary N) is 1. The maximum atomic E-state index is 5.96. The summed E-state index contributed by atoms with van der Waals surface area (Å²) in [7, 11) is 0. The molecule has 0 radical (unpaired) electrons. The molecule has 0 aliphatic carbocycles.